The van der Waals surface area contributed by atoms with E-state index < -0.39 is 11.9 Å². The first kappa shape index (κ1) is 18.6. The van der Waals surface area contributed by atoms with E-state index in [1.165, 1.54) is 14.2 Å². The Morgan fingerprint density at radius 3 is 2.28 bits per heavy atom. The summed E-state index contributed by atoms with van der Waals surface area (Å²) < 4.78 is 10.4. The van der Waals surface area contributed by atoms with Crippen molar-refractivity contribution < 1.29 is 19.1 Å². The van der Waals surface area contributed by atoms with Crippen molar-refractivity contribution in [2.75, 3.05) is 19.5 Å². The lowest BCUT2D eigenvalue weighted by molar-refractivity contribution is -0.117. The van der Waals surface area contributed by atoms with E-state index in [0.717, 1.165) is 0 Å². The molecule has 25 heavy (non-hydrogen) atoms. The summed E-state index contributed by atoms with van der Waals surface area (Å²) in [5, 5.41) is 5.71. The first-order valence-electron chi connectivity index (χ1n) is 7.54. The van der Waals surface area contributed by atoms with E-state index in [2.05, 4.69) is 10.6 Å². The molecule has 0 aliphatic heterocycles. The fourth-order valence-electron chi connectivity index (χ4n) is 2.13. The van der Waals surface area contributed by atoms with Crippen molar-refractivity contribution in [3.05, 3.63) is 53.1 Å². The van der Waals surface area contributed by atoms with E-state index in [1.807, 2.05) is 6.07 Å². The summed E-state index contributed by atoms with van der Waals surface area (Å²) in [4.78, 5) is 24.5. The van der Waals surface area contributed by atoms with E-state index in [9.17, 15) is 9.59 Å². The molecule has 0 aliphatic rings. The molecule has 2 rings (SSSR count). The number of hydrogen-bond acceptors (Lipinski definition) is 4. The largest absolute Gasteiger partial charge is 0.495 e. The van der Waals surface area contributed by atoms with Gasteiger partial charge in [0.05, 0.1) is 24.9 Å². The summed E-state index contributed by atoms with van der Waals surface area (Å²) in [5.41, 5.74) is 0.877. The average Bonchev–Trinajstić information content (AvgIpc) is 2.63. The summed E-state index contributed by atoms with van der Waals surface area (Å²) in [6.45, 7) is 1.59. The molecular weight excluding hydrogens is 344 g/mol. The molecule has 2 aromatic carbocycles. The molecule has 2 N–H and O–H groups in total. The van der Waals surface area contributed by atoms with Gasteiger partial charge in [0.1, 0.15) is 17.5 Å². The Bertz CT molecular complexity index is 765. The Morgan fingerprint density at radius 1 is 1.04 bits per heavy atom. The Balaban J connectivity index is 2.09. The predicted octanol–water partition coefficient (Wildman–Crippen LogP) is 3.11. The summed E-state index contributed by atoms with van der Waals surface area (Å²) in [5.74, 6) is 0.0651. The number of amides is 2. The molecular formula is C18H19ClN2O4. The van der Waals surface area contributed by atoms with Crippen LogP contribution in [0, 0.1) is 0 Å². The number of rotatable bonds is 6. The van der Waals surface area contributed by atoms with E-state index in [4.69, 9.17) is 21.1 Å². The second-order valence-corrected chi connectivity index (χ2v) is 5.64. The maximum Gasteiger partial charge on any atom is 0.251 e. The Hall–Kier alpha value is -2.73. The van der Waals surface area contributed by atoms with Crippen molar-refractivity contribution in [2.24, 2.45) is 0 Å². The third kappa shape index (κ3) is 4.64. The van der Waals surface area contributed by atoms with Crippen LogP contribution < -0.4 is 20.1 Å². The molecule has 0 unspecified atom stereocenters. The highest BCUT2D eigenvalue weighted by Crippen LogP contribution is 2.35. The molecule has 6 nitrogen and oxygen atoms in total. The maximum absolute atomic E-state index is 12.4. The molecule has 7 heteroatoms. The topological polar surface area (TPSA) is 76.7 Å². The Kier molecular flexibility index (Phi) is 6.25. The SMILES string of the molecule is COc1cc(NC(=O)[C@@H](C)NC(=O)c2ccccc2)c(OC)cc1Cl. The van der Waals surface area contributed by atoms with Crippen LogP contribution in [0.25, 0.3) is 0 Å². The molecule has 0 aromatic heterocycles. The van der Waals surface area contributed by atoms with Gasteiger partial charge in [0.15, 0.2) is 0 Å². The predicted molar refractivity (Wildman–Crippen MR) is 96.6 cm³/mol. The normalized spacial score (nSPS) is 11.4. The zero-order valence-electron chi connectivity index (χ0n) is 14.1. The molecule has 1 atom stereocenters. The maximum atomic E-state index is 12.4. The second-order valence-electron chi connectivity index (χ2n) is 5.24. The van der Waals surface area contributed by atoms with Crippen molar-refractivity contribution in [3.63, 3.8) is 0 Å². The molecule has 0 aliphatic carbocycles. The van der Waals surface area contributed by atoms with E-state index in [-0.39, 0.29) is 5.91 Å². The van der Waals surface area contributed by atoms with Crippen molar-refractivity contribution in [1.82, 2.24) is 5.32 Å². The lowest BCUT2D eigenvalue weighted by atomic mass is 10.2. The second kappa shape index (κ2) is 8.39. The van der Waals surface area contributed by atoms with Crippen molar-refractivity contribution in [3.8, 4) is 11.5 Å². The van der Waals surface area contributed by atoms with Crippen molar-refractivity contribution >= 4 is 29.1 Å². The number of carbonyl (C=O) groups excluding carboxylic acids is 2. The molecule has 0 bridgehead atoms. The van der Waals surface area contributed by atoms with Crippen LogP contribution in [0.2, 0.25) is 5.02 Å². The minimum absolute atomic E-state index is 0.330. The van der Waals surface area contributed by atoms with Gasteiger partial charge in [0.25, 0.3) is 5.91 Å². The Morgan fingerprint density at radius 2 is 1.68 bits per heavy atom. The van der Waals surface area contributed by atoms with Gasteiger partial charge in [-0.25, -0.2) is 0 Å². The van der Waals surface area contributed by atoms with Crippen molar-refractivity contribution in [1.29, 1.82) is 0 Å². The summed E-state index contributed by atoms with van der Waals surface area (Å²) in [7, 11) is 2.94. The van der Waals surface area contributed by atoms with Gasteiger partial charge < -0.3 is 20.1 Å². The standard InChI is InChI=1S/C18H19ClN2O4/c1-11(20-18(23)12-7-5-4-6-8-12)17(22)21-14-10-15(24-2)13(19)9-16(14)25-3/h4-11H,1-3H3,(H,20,23)(H,21,22)/t11-/m1/s1. The minimum Gasteiger partial charge on any atom is -0.495 e. The van der Waals surface area contributed by atoms with Crippen LogP contribution in [-0.2, 0) is 4.79 Å². The quantitative estimate of drug-likeness (QED) is 0.827. The lowest BCUT2D eigenvalue weighted by Crippen LogP contribution is -2.41. The number of hydrogen-bond donors (Lipinski definition) is 2. The highest BCUT2D eigenvalue weighted by Gasteiger charge is 2.19. The van der Waals surface area contributed by atoms with E-state index in [1.54, 1.807) is 43.3 Å². The zero-order valence-corrected chi connectivity index (χ0v) is 14.9. The van der Waals surface area contributed by atoms with Crippen LogP contribution in [0.4, 0.5) is 5.69 Å². The molecule has 0 radical (unpaired) electrons. The lowest BCUT2D eigenvalue weighted by Gasteiger charge is -2.17. The molecule has 0 spiro atoms. The van der Waals surface area contributed by atoms with Crippen LogP contribution in [0.3, 0.4) is 0 Å². The number of ether oxygens (including phenoxy) is 2. The molecule has 2 amide bonds. The van der Waals surface area contributed by atoms with E-state index >= 15 is 0 Å². The van der Waals surface area contributed by atoms with Crippen LogP contribution in [0.5, 0.6) is 11.5 Å². The zero-order chi connectivity index (χ0) is 18.4. The Labute approximate surface area is 151 Å². The van der Waals surface area contributed by atoms with Gasteiger partial charge in [-0.2, -0.15) is 0 Å². The molecule has 0 saturated heterocycles. The number of methoxy groups -OCH3 is 2. The van der Waals surface area contributed by atoms with Crippen LogP contribution in [0.15, 0.2) is 42.5 Å². The van der Waals surface area contributed by atoms with Crippen LogP contribution in [-0.4, -0.2) is 32.1 Å². The summed E-state index contributed by atoms with van der Waals surface area (Å²) >= 11 is 6.04. The third-order valence-electron chi connectivity index (χ3n) is 3.51. The van der Waals surface area contributed by atoms with Gasteiger partial charge in [-0.3, -0.25) is 9.59 Å². The third-order valence-corrected chi connectivity index (χ3v) is 3.80. The van der Waals surface area contributed by atoms with Gasteiger partial charge in [0, 0.05) is 17.7 Å². The van der Waals surface area contributed by atoms with E-state index in [0.29, 0.717) is 27.8 Å². The molecule has 2 aromatic rings. The average molecular weight is 363 g/mol. The van der Waals surface area contributed by atoms with Gasteiger partial charge >= 0.3 is 0 Å². The van der Waals surface area contributed by atoms with Crippen molar-refractivity contribution in [2.45, 2.75) is 13.0 Å². The molecule has 0 fully saturated rings. The number of benzene rings is 2. The number of anilines is 1. The molecule has 0 saturated carbocycles. The molecule has 0 heterocycles. The molecule has 132 valence electrons. The highest BCUT2D eigenvalue weighted by atomic mass is 35.5. The van der Waals surface area contributed by atoms with Gasteiger partial charge in [0.2, 0.25) is 5.91 Å². The fourth-order valence-corrected chi connectivity index (χ4v) is 2.36. The highest BCUT2D eigenvalue weighted by molar-refractivity contribution is 6.32. The van der Waals surface area contributed by atoms with Gasteiger partial charge in [-0.15, -0.1) is 0 Å². The number of halogens is 1. The van der Waals surface area contributed by atoms with Crippen LogP contribution >= 0.6 is 11.6 Å². The minimum atomic E-state index is -0.751. The number of nitrogens with one attached hydrogen (secondary N) is 2. The van der Waals surface area contributed by atoms with Gasteiger partial charge in [-0.05, 0) is 19.1 Å². The summed E-state index contributed by atoms with van der Waals surface area (Å²) in [6, 6.07) is 11.0. The fraction of sp³-hybridized carbons (Fsp3) is 0.222. The smallest absolute Gasteiger partial charge is 0.251 e. The number of carbonyl (C=O) groups is 2. The monoisotopic (exact) mass is 362 g/mol. The summed E-state index contributed by atoms with van der Waals surface area (Å²) in [6.07, 6.45) is 0. The first-order valence-corrected chi connectivity index (χ1v) is 7.92. The van der Waals surface area contributed by atoms with Gasteiger partial charge in [-0.1, -0.05) is 29.8 Å². The first-order chi connectivity index (χ1) is 12.0. The van der Waals surface area contributed by atoms with Crippen LogP contribution in [0.1, 0.15) is 17.3 Å².